The zero-order valence-electron chi connectivity index (χ0n) is 13.3. The number of fused-ring (bicyclic) bond motifs is 5. The van der Waals surface area contributed by atoms with Gasteiger partial charge < -0.3 is 4.90 Å². The number of carbonyl (C=O) groups is 1. The Bertz CT molecular complexity index is 893. The van der Waals surface area contributed by atoms with Crippen molar-refractivity contribution in [1.82, 2.24) is 24.6 Å². The third-order valence-electron chi connectivity index (χ3n) is 4.97. The number of amides is 1. The second-order valence-corrected chi connectivity index (χ2v) is 8.64. The number of hydrogen-bond acceptors (Lipinski definition) is 5. The van der Waals surface area contributed by atoms with Crippen LogP contribution in [0.4, 0.5) is 0 Å². The summed E-state index contributed by atoms with van der Waals surface area (Å²) in [6.07, 6.45) is 3.04. The number of aromatic nitrogens is 3. The minimum atomic E-state index is -3.24. The van der Waals surface area contributed by atoms with E-state index in [2.05, 4.69) is 15.4 Å². The van der Waals surface area contributed by atoms with Crippen LogP contribution in [0.1, 0.15) is 23.2 Å². The molecule has 1 N–H and O–H groups in total. The van der Waals surface area contributed by atoms with Gasteiger partial charge in [0.2, 0.25) is 10.0 Å². The Balaban J connectivity index is 1.63. The monoisotopic (exact) mass is 349 g/mol. The van der Waals surface area contributed by atoms with E-state index in [-0.39, 0.29) is 17.9 Å². The Morgan fingerprint density at radius 2 is 1.96 bits per heavy atom. The van der Waals surface area contributed by atoms with Crippen LogP contribution in [0.2, 0.25) is 0 Å². The summed E-state index contributed by atoms with van der Waals surface area (Å²) in [6, 6.07) is 5.18. The molecule has 3 saturated heterocycles. The highest BCUT2D eigenvalue weighted by molar-refractivity contribution is 7.88. The molecule has 2 atom stereocenters. The van der Waals surface area contributed by atoms with Gasteiger partial charge in [-0.2, -0.15) is 19.7 Å². The maximum absolute atomic E-state index is 13.0. The first-order valence-corrected chi connectivity index (χ1v) is 9.83. The Morgan fingerprint density at radius 3 is 2.75 bits per heavy atom. The predicted octanol–water partition coefficient (Wildman–Crippen LogP) is 0.454. The molecule has 5 rings (SSSR count). The SMILES string of the molecule is CS(=O)(=O)N1C[C@H]2CC[C@@H](C1)N(C(=O)c1ccc3n[nH]nc3c1)C2. The average molecular weight is 349 g/mol. The molecule has 1 aromatic heterocycles. The van der Waals surface area contributed by atoms with E-state index in [1.54, 1.807) is 18.2 Å². The first-order chi connectivity index (χ1) is 11.4. The van der Waals surface area contributed by atoms with Crippen molar-refractivity contribution in [1.29, 1.82) is 0 Å². The van der Waals surface area contributed by atoms with Crippen molar-refractivity contribution in [3.63, 3.8) is 0 Å². The molecule has 0 unspecified atom stereocenters. The highest BCUT2D eigenvalue weighted by Crippen LogP contribution is 2.30. The number of aromatic amines is 1. The zero-order valence-corrected chi connectivity index (χ0v) is 14.2. The molecule has 3 fully saturated rings. The lowest BCUT2D eigenvalue weighted by atomic mass is 9.94. The molecule has 0 saturated carbocycles. The number of nitrogens with one attached hydrogen (secondary N) is 1. The van der Waals surface area contributed by atoms with Gasteiger partial charge in [-0.1, -0.05) is 0 Å². The Morgan fingerprint density at radius 1 is 1.17 bits per heavy atom. The van der Waals surface area contributed by atoms with Gasteiger partial charge in [0, 0.05) is 31.2 Å². The average Bonchev–Trinajstić information content (AvgIpc) is 2.80. The number of hydrogen-bond donors (Lipinski definition) is 1. The number of rotatable bonds is 2. The minimum absolute atomic E-state index is 0.0649. The fourth-order valence-corrected chi connectivity index (χ4v) is 4.62. The van der Waals surface area contributed by atoms with E-state index >= 15 is 0 Å². The molecular formula is C15H19N5O3S. The van der Waals surface area contributed by atoms with E-state index in [9.17, 15) is 13.2 Å². The van der Waals surface area contributed by atoms with Crippen molar-refractivity contribution in [2.75, 3.05) is 25.9 Å². The van der Waals surface area contributed by atoms with Crippen LogP contribution in [0, 0.1) is 5.92 Å². The zero-order chi connectivity index (χ0) is 16.9. The standard InChI is InChI=1S/C15H19N5O3S/c1-24(22,23)19-7-10-2-4-12(9-19)20(8-10)15(21)11-3-5-13-14(6-11)17-18-16-13/h3,5-6,10,12H,2,4,7-9H2,1H3,(H,16,17,18)/t10-,12+/m1/s1. The van der Waals surface area contributed by atoms with E-state index in [1.165, 1.54) is 10.6 Å². The largest absolute Gasteiger partial charge is 0.334 e. The van der Waals surface area contributed by atoms with Crippen molar-refractivity contribution in [3.8, 4) is 0 Å². The lowest BCUT2D eigenvalue weighted by Gasteiger charge is -2.36. The number of H-pyrrole nitrogens is 1. The van der Waals surface area contributed by atoms with Gasteiger partial charge in [-0.25, -0.2) is 8.42 Å². The second kappa shape index (κ2) is 5.52. The molecular weight excluding hydrogens is 330 g/mol. The van der Waals surface area contributed by atoms with E-state index in [1.807, 2.05) is 4.90 Å². The number of nitrogens with zero attached hydrogens (tertiary/aromatic N) is 4. The summed E-state index contributed by atoms with van der Waals surface area (Å²) >= 11 is 0. The third kappa shape index (κ3) is 2.67. The maximum atomic E-state index is 13.0. The second-order valence-electron chi connectivity index (χ2n) is 6.66. The molecule has 1 amide bonds. The van der Waals surface area contributed by atoms with E-state index < -0.39 is 10.0 Å². The summed E-state index contributed by atoms with van der Waals surface area (Å²) < 4.78 is 25.4. The summed E-state index contributed by atoms with van der Waals surface area (Å²) in [4.78, 5) is 14.8. The molecule has 2 aromatic rings. The Kier molecular flexibility index (Phi) is 3.57. The summed E-state index contributed by atoms with van der Waals surface area (Å²) in [7, 11) is -3.24. The molecule has 0 radical (unpaired) electrons. The van der Waals surface area contributed by atoms with Gasteiger partial charge in [0.05, 0.1) is 6.26 Å². The molecule has 24 heavy (non-hydrogen) atoms. The van der Waals surface area contributed by atoms with Crippen molar-refractivity contribution in [2.24, 2.45) is 5.92 Å². The fraction of sp³-hybridized carbons (Fsp3) is 0.533. The highest BCUT2D eigenvalue weighted by Gasteiger charge is 2.39. The first-order valence-electron chi connectivity index (χ1n) is 7.98. The Labute approximate surface area is 139 Å². The van der Waals surface area contributed by atoms with Crippen LogP contribution in [0.15, 0.2) is 18.2 Å². The van der Waals surface area contributed by atoms with Crippen molar-refractivity contribution >= 4 is 27.0 Å². The van der Waals surface area contributed by atoms with Crippen LogP contribution in [-0.4, -0.2) is 70.9 Å². The van der Waals surface area contributed by atoms with Gasteiger partial charge in [-0.3, -0.25) is 4.79 Å². The number of piperidine rings is 1. The molecule has 8 nitrogen and oxygen atoms in total. The van der Waals surface area contributed by atoms with Gasteiger partial charge in [-0.15, -0.1) is 0 Å². The van der Waals surface area contributed by atoms with Crippen LogP contribution in [0.25, 0.3) is 11.0 Å². The molecule has 2 bridgehead atoms. The lowest BCUT2D eigenvalue weighted by Crippen LogP contribution is -2.47. The van der Waals surface area contributed by atoms with Gasteiger partial charge in [0.25, 0.3) is 5.91 Å². The third-order valence-corrected chi connectivity index (χ3v) is 6.21. The van der Waals surface area contributed by atoms with E-state index in [0.29, 0.717) is 36.2 Å². The summed E-state index contributed by atoms with van der Waals surface area (Å²) in [5.41, 5.74) is 1.93. The Hall–Kier alpha value is -2.00. The number of carbonyl (C=O) groups excluding carboxylic acids is 1. The van der Waals surface area contributed by atoms with E-state index in [4.69, 9.17) is 0 Å². The van der Waals surface area contributed by atoms with Crippen molar-refractivity contribution in [3.05, 3.63) is 23.8 Å². The maximum Gasteiger partial charge on any atom is 0.254 e. The minimum Gasteiger partial charge on any atom is -0.334 e. The number of sulfonamides is 1. The first kappa shape index (κ1) is 15.5. The van der Waals surface area contributed by atoms with Crippen LogP contribution in [-0.2, 0) is 10.0 Å². The van der Waals surface area contributed by atoms with Gasteiger partial charge >= 0.3 is 0 Å². The van der Waals surface area contributed by atoms with Gasteiger partial charge in [0.15, 0.2) is 0 Å². The topological polar surface area (TPSA) is 99.3 Å². The molecule has 0 aliphatic carbocycles. The smallest absolute Gasteiger partial charge is 0.254 e. The fourth-order valence-electron chi connectivity index (χ4n) is 3.70. The molecule has 1 aromatic carbocycles. The molecule has 9 heteroatoms. The van der Waals surface area contributed by atoms with Crippen molar-refractivity contribution < 1.29 is 13.2 Å². The predicted molar refractivity (Wildman–Crippen MR) is 87.9 cm³/mol. The molecule has 3 aliphatic rings. The summed E-state index contributed by atoms with van der Waals surface area (Å²) in [6.45, 7) is 1.49. The van der Waals surface area contributed by atoms with Crippen LogP contribution < -0.4 is 0 Å². The van der Waals surface area contributed by atoms with Crippen LogP contribution in [0.3, 0.4) is 0 Å². The van der Waals surface area contributed by atoms with E-state index in [0.717, 1.165) is 12.8 Å². The molecule has 3 aliphatic heterocycles. The highest BCUT2D eigenvalue weighted by atomic mass is 32.2. The molecule has 4 heterocycles. The lowest BCUT2D eigenvalue weighted by molar-refractivity contribution is 0.0589. The quantitative estimate of drug-likeness (QED) is 0.849. The normalized spacial score (nSPS) is 25.1. The summed E-state index contributed by atoms with van der Waals surface area (Å²) in [5, 5.41) is 10.6. The van der Waals surface area contributed by atoms with Crippen molar-refractivity contribution in [2.45, 2.75) is 18.9 Å². The van der Waals surface area contributed by atoms with Gasteiger partial charge in [0.1, 0.15) is 11.0 Å². The number of benzene rings is 1. The van der Waals surface area contributed by atoms with Crippen LogP contribution in [0.5, 0.6) is 0 Å². The molecule has 128 valence electrons. The van der Waals surface area contributed by atoms with Crippen LogP contribution >= 0.6 is 0 Å². The van der Waals surface area contributed by atoms with Gasteiger partial charge in [-0.05, 0) is 37.0 Å². The molecule has 0 spiro atoms. The summed E-state index contributed by atoms with van der Waals surface area (Å²) in [5.74, 6) is 0.128.